The van der Waals surface area contributed by atoms with Gasteiger partial charge in [-0.05, 0) is 12.8 Å². The molecule has 2 fully saturated rings. The summed E-state index contributed by atoms with van der Waals surface area (Å²) < 4.78 is 0. The van der Waals surface area contributed by atoms with Crippen molar-refractivity contribution >= 4 is 17.7 Å². The number of imide groups is 1. The summed E-state index contributed by atoms with van der Waals surface area (Å²) in [5, 5.41) is 1.34. The summed E-state index contributed by atoms with van der Waals surface area (Å²) in [5.74, 6) is -0.512. The van der Waals surface area contributed by atoms with Gasteiger partial charge in [0.15, 0.2) is 0 Å². The fraction of sp³-hybridized carbons (Fsp3) is 0.727. The van der Waals surface area contributed by atoms with E-state index in [2.05, 4.69) is 0 Å². The average molecular weight is 240 g/mol. The van der Waals surface area contributed by atoms with Crippen LogP contribution in [0.4, 0.5) is 0 Å². The van der Waals surface area contributed by atoms with Crippen molar-refractivity contribution in [2.75, 3.05) is 19.7 Å². The SMILES string of the molecule is O=C(CCN1C(=O)CCC1=O)N1CCCCO1. The lowest BCUT2D eigenvalue weighted by atomic mass is 10.3. The van der Waals surface area contributed by atoms with Gasteiger partial charge in [-0.25, -0.2) is 5.06 Å². The van der Waals surface area contributed by atoms with Crippen LogP contribution >= 0.6 is 0 Å². The number of hydrogen-bond donors (Lipinski definition) is 0. The quantitative estimate of drug-likeness (QED) is 0.655. The van der Waals surface area contributed by atoms with Crippen LogP contribution in [-0.4, -0.2) is 47.4 Å². The van der Waals surface area contributed by atoms with Crippen LogP contribution in [0.25, 0.3) is 0 Å². The molecule has 17 heavy (non-hydrogen) atoms. The fourth-order valence-electron chi connectivity index (χ4n) is 2.00. The van der Waals surface area contributed by atoms with E-state index in [-0.39, 0.29) is 43.5 Å². The van der Waals surface area contributed by atoms with E-state index in [9.17, 15) is 14.4 Å². The minimum absolute atomic E-state index is 0.150. The van der Waals surface area contributed by atoms with Gasteiger partial charge >= 0.3 is 0 Å². The third-order valence-corrected chi connectivity index (χ3v) is 2.98. The number of amides is 3. The van der Waals surface area contributed by atoms with E-state index < -0.39 is 0 Å². The highest BCUT2D eigenvalue weighted by atomic mass is 16.7. The van der Waals surface area contributed by atoms with Crippen molar-refractivity contribution < 1.29 is 19.2 Å². The summed E-state index contributed by atoms with van der Waals surface area (Å²) >= 11 is 0. The van der Waals surface area contributed by atoms with Gasteiger partial charge in [0.2, 0.25) is 17.7 Å². The van der Waals surface area contributed by atoms with Crippen molar-refractivity contribution in [1.29, 1.82) is 0 Å². The Kier molecular flexibility index (Phi) is 3.73. The molecule has 0 bridgehead atoms. The first-order valence-corrected chi connectivity index (χ1v) is 5.95. The average Bonchev–Trinajstić information content (AvgIpc) is 2.67. The topological polar surface area (TPSA) is 66.9 Å². The monoisotopic (exact) mass is 240 g/mol. The summed E-state index contributed by atoms with van der Waals surface area (Å²) in [6.45, 7) is 1.34. The molecule has 0 aromatic heterocycles. The Morgan fingerprint density at radius 1 is 1.18 bits per heavy atom. The maximum atomic E-state index is 11.7. The molecule has 2 aliphatic heterocycles. The van der Waals surface area contributed by atoms with Gasteiger partial charge in [-0.2, -0.15) is 0 Å². The van der Waals surface area contributed by atoms with Gasteiger partial charge in [-0.3, -0.25) is 24.1 Å². The van der Waals surface area contributed by atoms with Crippen LogP contribution in [0.2, 0.25) is 0 Å². The molecular weight excluding hydrogens is 224 g/mol. The number of carbonyl (C=O) groups is 3. The smallest absolute Gasteiger partial charge is 0.247 e. The predicted octanol–water partition coefficient (Wildman–Crippen LogP) is 0.0795. The lowest BCUT2D eigenvalue weighted by molar-refractivity contribution is -0.197. The van der Waals surface area contributed by atoms with E-state index in [4.69, 9.17) is 4.84 Å². The van der Waals surface area contributed by atoms with Gasteiger partial charge in [-0.1, -0.05) is 0 Å². The van der Waals surface area contributed by atoms with Crippen molar-refractivity contribution in [1.82, 2.24) is 9.96 Å². The second kappa shape index (κ2) is 5.27. The zero-order valence-electron chi connectivity index (χ0n) is 9.68. The van der Waals surface area contributed by atoms with E-state index in [1.165, 1.54) is 9.96 Å². The Hall–Kier alpha value is -1.43. The molecule has 0 aliphatic carbocycles. The van der Waals surface area contributed by atoms with Gasteiger partial charge in [0.1, 0.15) is 0 Å². The normalized spacial score (nSPS) is 21.2. The van der Waals surface area contributed by atoms with Crippen LogP contribution in [0.1, 0.15) is 32.1 Å². The molecule has 3 amide bonds. The van der Waals surface area contributed by atoms with E-state index in [1.807, 2.05) is 0 Å². The zero-order valence-corrected chi connectivity index (χ0v) is 9.68. The first-order chi connectivity index (χ1) is 8.18. The van der Waals surface area contributed by atoms with Crippen LogP contribution in [0.3, 0.4) is 0 Å². The third-order valence-electron chi connectivity index (χ3n) is 2.98. The summed E-state index contributed by atoms with van der Waals surface area (Å²) in [6.07, 6.45) is 2.60. The van der Waals surface area contributed by atoms with E-state index in [0.717, 1.165) is 12.8 Å². The zero-order chi connectivity index (χ0) is 12.3. The highest BCUT2D eigenvalue weighted by Crippen LogP contribution is 2.13. The molecule has 0 aromatic rings. The van der Waals surface area contributed by atoms with Crippen LogP contribution in [-0.2, 0) is 19.2 Å². The second-order valence-electron chi connectivity index (χ2n) is 4.23. The summed E-state index contributed by atoms with van der Waals surface area (Å²) in [5.41, 5.74) is 0. The van der Waals surface area contributed by atoms with Crippen LogP contribution < -0.4 is 0 Å². The number of nitrogens with zero attached hydrogens (tertiary/aromatic N) is 2. The summed E-state index contributed by atoms with van der Waals surface area (Å²) in [4.78, 5) is 40.7. The van der Waals surface area contributed by atoms with Gasteiger partial charge < -0.3 is 0 Å². The van der Waals surface area contributed by atoms with E-state index in [1.54, 1.807) is 0 Å². The molecule has 0 aromatic carbocycles. The molecule has 2 heterocycles. The lowest BCUT2D eigenvalue weighted by Gasteiger charge is -2.26. The molecule has 94 valence electrons. The first kappa shape index (κ1) is 12.0. The Labute approximate surface area is 99.4 Å². The maximum Gasteiger partial charge on any atom is 0.247 e. The van der Waals surface area contributed by atoms with Crippen LogP contribution in [0.5, 0.6) is 0 Å². The Bertz CT molecular complexity index is 320. The minimum atomic E-state index is -0.178. The molecule has 2 aliphatic rings. The Balaban J connectivity index is 1.79. The molecule has 0 unspecified atom stereocenters. The predicted molar refractivity (Wildman–Crippen MR) is 57.5 cm³/mol. The largest absolute Gasteiger partial charge is 0.282 e. The molecule has 0 atom stereocenters. The molecule has 6 nitrogen and oxygen atoms in total. The number of hydroxylamine groups is 2. The fourth-order valence-corrected chi connectivity index (χ4v) is 2.00. The highest BCUT2D eigenvalue weighted by Gasteiger charge is 2.29. The second-order valence-corrected chi connectivity index (χ2v) is 4.23. The van der Waals surface area contributed by atoms with Crippen molar-refractivity contribution in [3.8, 4) is 0 Å². The number of rotatable bonds is 3. The maximum absolute atomic E-state index is 11.7. The Morgan fingerprint density at radius 2 is 1.88 bits per heavy atom. The minimum Gasteiger partial charge on any atom is -0.282 e. The van der Waals surface area contributed by atoms with Crippen LogP contribution in [0.15, 0.2) is 0 Å². The van der Waals surface area contributed by atoms with E-state index >= 15 is 0 Å². The molecule has 6 heteroatoms. The first-order valence-electron chi connectivity index (χ1n) is 5.95. The molecular formula is C11H16N2O4. The Morgan fingerprint density at radius 3 is 2.47 bits per heavy atom. The van der Waals surface area contributed by atoms with Gasteiger partial charge in [-0.15, -0.1) is 0 Å². The van der Waals surface area contributed by atoms with Crippen molar-refractivity contribution in [2.45, 2.75) is 32.1 Å². The third kappa shape index (κ3) is 2.82. The molecule has 0 spiro atoms. The van der Waals surface area contributed by atoms with Gasteiger partial charge in [0, 0.05) is 32.4 Å². The van der Waals surface area contributed by atoms with Crippen LogP contribution in [0, 0.1) is 0 Å². The molecule has 0 saturated carbocycles. The standard InChI is InChI=1S/C11H16N2O4/c14-9-3-4-10(15)12(9)7-5-11(16)13-6-1-2-8-17-13/h1-8H2. The molecule has 2 saturated heterocycles. The van der Waals surface area contributed by atoms with E-state index in [0.29, 0.717) is 13.2 Å². The molecule has 0 radical (unpaired) electrons. The molecule has 0 N–H and O–H groups in total. The van der Waals surface area contributed by atoms with Gasteiger partial charge in [0.25, 0.3) is 0 Å². The number of likely N-dealkylation sites (tertiary alicyclic amines) is 1. The van der Waals surface area contributed by atoms with Crippen molar-refractivity contribution in [3.63, 3.8) is 0 Å². The summed E-state index contributed by atoms with van der Waals surface area (Å²) in [7, 11) is 0. The number of hydrogen-bond acceptors (Lipinski definition) is 4. The van der Waals surface area contributed by atoms with Crippen molar-refractivity contribution in [2.24, 2.45) is 0 Å². The van der Waals surface area contributed by atoms with Gasteiger partial charge in [0.05, 0.1) is 6.61 Å². The lowest BCUT2D eigenvalue weighted by Crippen LogP contribution is -2.39. The highest BCUT2D eigenvalue weighted by molar-refractivity contribution is 6.02. The van der Waals surface area contributed by atoms with Crippen molar-refractivity contribution in [3.05, 3.63) is 0 Å². The number of carbonyl (C=O) groups excluding carboxylic acids is 3. The summed E-state index contributed by atoms with van der Waals surface area (Å²) in [6, 6.07) is 0. The molecule has 2 rings (SSSR count).